The Hall–Kier alpha value is -2.12. The van der Waals surface area contributed by atoms with E-state index in [1.165, 1.54) is 24.3 Å². The van der Waals surface area contributed by atoms with Crippen molar-refractivity contribution in [1.82, 2.24) is 14.8 Å². The van der Waals surface area contributed by atoms with Crippen molar-refractivity contribution in [3.8, 4) is 17.1 Å². The third-order valence-corrected chi connectivity index (χ3v) is 3.64. The van der Waals surface area contributed by atoms with Gasteiger partial charge in [0, 0.05) is 0 Å². The molecule has 0 fully saturated rings. The molecule has 0 aliphatic rings. The average molecular weight is 376 g/mol. The molecule has 1 aromatic heterocycles. The minimum Gasteiger partial charge on any atom is -0.206 e. The van der Waals surface area contributed by atoms with Gasteiger partial charge >= 0.3 is 5.38 Å². The fourth-order valence-corrected chi connectivity index (χ4v) is 2.53. The summed E-state index contributed by atoms with van der Waals surface area (Å²) in [5, 5.41) is -0.184. The second-order valence-electron chi connectivity index (χ2n) is 4.73. The van der Waals surface area contributed by atoms with Crippen LogP contribution in [0.1, 0.15) is 5.56 Å². The largest absolute Gasteiger partial charge is 0.350 e. The highest BCUT2D eigenvalue weighted by Gasteiger charge is 2.32. The number of benzene rings is 2. The molecule has 0 N–H and O–H groups in total. The first-order valence-electron chi connectivity index (χ1n) is 6.52. The van der Waals surface area contributed by atoms with Gasteiger partial charge in [0.25, 0.3) is 0 Å². The predicted octanol–water partition coefficient (Wildman–Crippen LogP) is 5.15. The van der Waals surface area contributed by atoms with Crippen LogP contribution in [0, 0.1) is 11.6 Å². The first-order chi connectivity index (χ1) is 11.3. The lowest BCUT2D eigenvalue weighted by Crippen LogP contribution is -2.10. The maximum Gasteiger partial charge on any atom is 0.350 e. The summed E-state index contributed by atoms with van der Waals surface area (Å²) in [4.78, 5) is 3.75. The lowest BCUT2D eigenvalue weighted by molar-refractivity contribution is 0.0949. The third kappa shape index (κ3) is 2.97. The van der Waals surface area contributed by atoms with Gasteiger partial charge in [0.1, 0.15) is 11.6 Å². The highest BCUT2D eigenvalue weighted by molar-refractivity contribution is 6.28. The summed E-state index contributed by atoms with van der Waals surface area (Å²) >= 11 is 11.0. The number of para-hydroxylation sites is 1. The van der Waals surface area contributed by atoms with Gasteiger partial charge < -0.3 is 0 Å². The smallest absolute Gasteiger partial charge is 0.206 e. The van der Waals surface area contributed by atoms with E-state index in [1.54, 1.807) is 0 Å². The number of rotatable bonds is 3. The van der Waals surface area contributed by atoms with Crippen LogP contribution in [0.2, 0.25) is 5.28 Å². The first kappa shape index (κ1) is 16.7. The van der Waals surface area contributed by atoms with Gasteiger partial charge in [-0.15, -0.1) is 5.10 Å². The number of halogens is 6. The van der Waals surface area contributed by atoms with Crippen molar-refractivity contribution >= 4 is 23.2 Å². The Morgan fingerprint density at radius 1 is 0.958 bits per heavy atom. The summed E-state index contributed by atoms with van der Waals surface area (Å²) < 4.78 is 55.6. The molecule has 0 aliphatic heterocycles. The predicted molar refractivity (Wildman–Crippen MR) is 81.5 cm³/mol. The molecule has 0 saturated heterocycles. The van der Waals surface area contributed by atoms with E-state index >= 15 is 0 Å². The standard InChI is InChI=1S/C15H7Cl2F4N3/c16-14-22-13(12-9(18)5-3-6-10(12)19)23-24(14)11-7-2-1-4-8(11)15(17,20)21/h1-7H. The second kappa shape index (κ2) is 6.07. The lowest BCUT2D eigenvalue weighted by atomic mass is 10.2. The van der Waals surface area contributed by atoms with E-state index < -0.39 is 28.1 Å². The summed E-state index contributed by atoms with van der Waals surface area (Å²) in [7, 11) is 0. The molecule has 0 unspecified atom stereocenters. The molecule has 3 aromatic rings. The maximum atomic E-state index is 13.8. The topological polar surface area (TPSA) is 30.7 Å². The Morgan fingerprint density at radius 2 is 1.58 bits per heavy atom. The highest BCUT2D eigenvalue weighted by Crippen LogP contribution is 2.37. The molecule has 0 atom stereocenters. The molecule has 2 aromatic carbocycles. The lowest BCUT2D eigenvalue weighted by Gasteiger charge is -2.13. The van der Waals surface area contributed by atoms with Crippen molar-refractivity contribution in [2.75, 3.05) is 0 Å². The third-order valence-electron chi connectivity index (χ3n) is 3.19. The monoisotopic (exact) mass is 375 g/mol. The molecule has 0 spiro atoms. The fraction of sp³-hybridized carbons (Fsp3) is 0.0667. The summed E-state index contributed by atoms with van der Waals surface area (Å²) in [6.07, 6.45) is 0. The molecule has 3 nitrogen and oxygen atoms in total. The van der Waals surface area contributed by atoms with Gasteiger partial charge in [-0.3, -0.25) is 0 Å². The Labute approximate surface area is 143 Å². The van der Waals surface area contributed by atoms with Gasteiger partial charge in [-0.05, 0) is 47.5 Å². The Kier molecular flexibility index (Phi) is 4.23. The van der Waals surface area contributed by atoms with Gasteiger partial charge in [0.05, 0.1) is 16.8 Å². The zero-order valence-electron chi connectivity index (χ0n) is 11.7. The summed E-state index contributed by atoms with van der Waals surface area (Å²) in [5.41, 5.74) is -1.23. The van der Waals surface area contributed by atoms with Crippen molar-refractivity contribution < 1.29 is 17.6 Å². The molecule has 0 saturated carbocycles. The zero-order chi connectivity index (χ0) is 17.5. The molecular formula is C15H7Cl2F4N3. The Morgan fingerprint density at radius 3 is 2.21 bits per heavy atom. The van der Waals surface area contributed by atoms with Gasteiger partial charge in [-0.2, -0.15) is 13.8 Å². The van der Waals surface area contributed by atoms with Crippen molar-refractivity contribution in [2.45, 2.75) is 5.38 Å². The fourth-order valence-electron chi connectivity index (χ4n) is 2.16. The van der Waals surface area contributed by atoms with Gasteiger partial charge in [0.2, 0.25) is 5.28 Å². The van der Waals surface area contributed by atoms with Crippen LogP contribution in [0.15, 0.2) is 42.5 Å². The zero-order valence-corrected chi connectivity index (χ0v) is 13.2. The van der Waals surface area contributed by atoms with Crippen molar-refractivity contribution in [3.05, 3.63) is 64.9 Å². The van der Waals surface area contributed by atoms with E-state index in [-0.39, 0.29) is 16.8 Å². The molecule has 0 aliphatic carbocycles. The number of hydrogen-bond acceptors (Lipinski definition) is 2. The highest BCUT2D eigenvalue weighted by atomic mass is 35.5. The first-order valence-corrected chi connectivity index (χ1v) is 7.28. The maximum absolute atomic E-state index is 13.8. The minimum atomic E-state index is -3.69. The number of nitrogens with zero attached hydrogens (tertiary/aromatic N) is 3. The van der Waals surface area contributed by atoms with Crippen LogP contribution in [0.4, 0.5) is 17.6 Å². The van der Waals surface area contributed by atoms with Crippen LogP contribution in [-0.4, -0.2) is 14.8 Å². The number of alkyl halides is 3. The molecule has 124 valence electrons. The van der Waals surface area contributed by atoms with Gasteiger partial charge in [-0.25, -0.2) is 13.5 Å². The van der Waals surface area contributed by atoms with Crippen molar-refractivity contribution in [2.24, 2.45) is 0 Å². The van der Waals surface area contributed by atoms with Crippen LogP contribution in [-0.2, 0) is 5.38 Å². The van der Waals surface area contributed by atoms with Crippen LogP contribution in [0.25, 0.3) is 17.1 Å². The van der Waals surface area contributed by atoms with E-state index in [4.69, 9.17) is 23.2 Å². The second-order valence-corrected chi connectivity index (χ2v) is 5.54. The molecule has 0 amide bonds. The molecule has 24 heavy (non-hydrogen) atoms. The molecule has 1 heterocycles. The molecular weight excluding hydrogens is 369 g/mol. The van der Waals surface area contributed by atoms with Gasteiger partial charge in [-0.1, -0.05) is 18.2 Å². The van der Waals surface area contributed by atoms with E-state index in [2.05, 4.69) is 10.1 Å². The molecule has 0 bridgehead atoms. The van der Waals surface area contributed by atoms with E-state index in [9.17, 15) is 17.6 Å². The van der Waals surface area contributed by atoms with E-state index in [0.29, 0.717) is 0 Å². The number of aromatic nitrogens is 3. The Bertz CT molecular complexity index is 886. The van der Waals surface area contributed by atoms with Crippen LogP contribution >= 0.6 is 23.2 Å². The minimum absolute atomic E-state index is 0.155. The van der Waals surface area contributed by atoms with E-state index in [1.807, 2.05) is 0 Å². The van der Waals surface area contributed by atoms with Crippen LogP contribution in [0.5, 0.6) is 0 Å². The molecule has 3 rings (SSSR count). The molecule has 0 radical (unpaired) electrons. The van der Waals surface area contributed by atoms with Crippen LogP contribution in [0.3, 0.4) is 0 Å². The SMILES string of the molecule is Fc1cccc(F)c1-c1nc(Cl)n(-c2ccccc2C(F)(F)Cl)n1. The van der Waals surface area contributed by atoms with E-state index in [0.717, 1.165) is 22.9 Å². The van der Waals surface area contributed by atoms with Crippen molar-refractivity contribution in [1.29, 1.82) is 0 Å². The molecule has 9 heteroatoms. The van der Waals surface area contributed by atoms with Crippen LogP contribution < -0.4 is 0 Å². The summed E-state index contributed by atoms with van der Waals surface area (Å²) in [6.45, 7) is 0. The number of hydrogen-bond donors (Lipinski definition) is 0. The Balaban J connectivity index is 2.19. The summed E-state index contributed by atoms with van der Waals surface area (Å²) in [5.74, 6) is -2.18. The summed E-state index contributed by atoms with van der Waals surface area (Å²) in [6, 6.07) is 8.41. The van der Waals surface area contributed by atoms with Gasteiger partial charge in [0.15, 0.2) is 5.82 Å². The van der Waals surface area contributed by atoms with Crippen molar-refractivity contribution in [3.63, 3.8) is 0 Å². The normalized spacial score (nSPS) is 11.8. The quantitative estimate of drug-likeness (QED) is 0.467. The average Bonchev–Trinajstić information content (AvgIpc) is 2.87.